The van der Waals surface area contributed by atoms with Gasteiger partial charge in [0.25, 0.3) is 0 Å². The summed E-state index contributed by atoms with van der Waals surface area (Å²) in [4.78, 5) is 5.25. The molecular weight excluding hydrogens is 316 g/mol. The lowest BCUT2D eigenvalue weighted by Crippen LogP contribution is -2.25. The van der Waals surface area contributed by atoms with Gasteiger partial charge in [-0.25, -0.2) is 0 Å². The Morgan fingerprint density at radius 2 is 1.58 bits per heavy atom. The van der Waals surface area contributed by atoms with Crippen LogP contribution < -0.4 is 5.32 Å². The molecule has 4 rings (SSSR count). The second-order valence-electron chi connectivity index (χ2n) is 8.55. The first-order valence-electron chi connectivity index (χ1n) is 11.0. The smallest absolute Gasteiger partial charge is 0.0667 e. The lowest BCUT2D eigenvalue weighted by Gasteiger charge is -2.35. The number of hydrogen-bond donors (Lipinski definition) is 1. The minimum absolute atomic E-state index is 0.517. The quantitative estimate of drug-likeness (QED) is 0.674. The van der Waals surface area contributed by atoms with Crippen molar-refractivity contribution < 1.29 is 0 Å². The highest BCUT2D eigenvalue weighted by Gasteiger charge is 2.28. The summed E-state index contributed by atoms with van der Waals surface area (Å²) in [6.45, 7) is 1.11. The Kier molecular flexibility index (Phi) is 6.09. The highest BCUT2D eigenvalue weighted by Crippen LogP contribution is 2.39. The fourth-order valence-electron chi connectivity index (χ4n) is 5.21. The average Bonchev–Trinajstić information content (AvgIpc) is 3.23. The zero-order valence-corrected chi connectivity index (χ0v) is 16.1. The van der Waals surface area contributed by atoms with Crippen LogP contribution in [0.2, 0.25) is 0 Å². The first-order chi connectivity index (χ1) is 12.9. The molecule has 0 bridgehead atoms. The Balaban J connectivity index is 1.44. The lowest BCUT2D eigenvalue weighted by molar-refractivity contribution is 0.187. The summed E-state index contributed by atoms with van der Waals surface area (Å²) in [5, 5.41) is 3.52. The first-order valence-corrected chi connectivity index (χ1v) is 11.0. The molecule has 1 aromatic carbocycles. The van der Waals surface area contributed by atoms with Crippen molar-refractivity contribution in [2.24, 2.45) is 16.8 Å². The molecule has 0 radical (unpaired) electrons. The normalized spacial score (nSPS) is 29.7. The van der Waals surface area contributed by atoms with Crippen LogP contribution in [0.5, 0.6) is 0 Å². The number of allylic oxidation sites excluding steroid dienone is 2. The molecule has 3 fully saturated rings. The standard InChI is InChI=1S/C24H34N2/c1-3-8-19(9-4-1)20-13-15-22(16-14-20)26-24(18-23-12-7-17-25-23)21-10-5-2-6-11-21/h2,5-6,10-11,18-20,22,25H,1,3-4,7-9,12-17H2. The fourth-order valence-corrected chi connectivity index (χ4v) is 5.21. The summed E-state index contributed by atoms with van der Waals surface area (Å²) < 4.78 is 0. The lowest BCUT2D eigenvalue weighted by atomic mass is 9.72. The minimum atomic E-state index is 0.517. The van der Waals surface area contributed by atoms with Gasteiger partial charge in [0, 0.05) is 12.2 Å². The monoisotopic (exact) mass is 350 g/mol. The molecule has 140 valence electrons. The van der Waals surface area contributed by atoms with Crippen LogP contribution in [0.1, 0.15) is 76.2 Å². The van der Waals surface area contributed by atoms with E-state index in [1.807, 2.05) is 0 Å². The van der Waals surface area contributed by atoms with Crippen LogP contribution in [0, 0.1) is 11.8 Å². The van der Waals surface area contributed by atoms with Gasteiger partial charge in [0.15, 0.2) is 0 Å². The Hall–Kier alpha value is -1.57. The van der Waals surface area contributed by atoms with E-state index in [4.69, 9.17) is 4.99 Å². The van der Waals surface area contributed by atoms with Crippen LogP contribution in [0.25, 0.3) is 0 Å². The van der Waals surface area contributed by atoms with Gasteiger partial charge in [-0.3, -0.25) is 4.99 Å². The Morgan fingerprint density at radius 3 is 2.27 bits per heavy atom. The second kappa shape index (κ2) is 8.88. The molecule has 1 aromatic rings. The van der Waals surface area contributed by atoms with E-state index in [0.717, 1.165) is 18.4 Å². The van der Waals surface area contributed by atoms with Gasteiger partial charge in [-0.05, 0) is 62.0 Å². The molecule has 3 aliphatic rings. The summed E-state index contributed by atoms with van der Waals surface area (Å²) in [6.07, 6.45) is 17.5. The van der Waals surface area contributed by atoms with Crippen LogP contribution in [-0.4, -0.2) is 18.3 Å². The van der Waals surface area contributed by atoms with Crippen LogP contribution in [-0.2, 0) is 0 Å². The summed E-state index contributed by atoms with van der Waals surface area (Å²) in [5.74, 6) is 2.00. The predicted octanol–water partition coefficient (Wildman–Crippen LogP) is 5.88. The molecule has 0 amide bonds. The zero-order chi connectivity index (χ0) is 17.6. The molecule has 0 spiro atoms. The van der Waals surface area contributed by atoms with Crippen molar-refractivity contribution in [3.05, 3.63) is 47.7 Å². The molecule has 2 nitrogen and oxygen atoms in total. The van der Waals surface area contributed by atoms with E-state index in [9.17, 15) is 0 Å². The van der Waals surface area contributed by atoms with Gasteiger partial charge in [-0.1, -0.05) is 62.4 Å². The molecule has 26 heavy (non-hydrogen) atoms. The van der Waals surface area contributed by atoms with E-state index in [-0.39, 0.29) is 0 Å². The van der Waals surface area contributed by atoms with E-state index in [1.165, 1.54) is 87.6 Å². The summed E-state index contributed by atoms with van der Waals surface area (Å²) in [5.41, 5.74) is 3.82. The molecule has 2 aliphatic carbocycles. The second-order valence-corrected chi connectivity index (χ2v) is 8.55. The summed E-state index contributed by atoms with van der Waals surface area (Å²) >= 11 is 0. The average molecular weight is 351 g/mol. The largest absolute Gasteiger partial charge is 0.388 e. The minimum Gasteiger partial charge on any atom is -0.388 e. The molecule has 0 aromatic heterocycles. The molecular formula is C24H34N2. The number of nitrogens with one attached hydrogen (secondary N) is 1. The van der Waals surface area contributed by atoms with Gasteiger partial charge in [0.2, 0.25) is 0 Å². The van der Waals surface area contributed by atoms with Gasteiger partial charge in [0.1, 0.15) is 0 Å². The van der Waals surface area contributed by atoms with Gasteiger partial charge in [0.05, 0.1) is 11.8 Å². The molecule has 0 unspecified atom stereocenters. The number of aliphatic imine (C=N–C) groups is 1. The highest BCUT2D eigenvalue weighted by molar-refractivity contribution is 6.09. The Morgan fingerprint density at radius 1 is 0.846 bits per heavy atom. The van der Waals surface area contributed by atoms with Gasteiger partial charge in [-0.2, -0.15) is 0 Å². The van der Waals surface area contributed by atoms with E-state index in [0.29, 0.717) is 6.04 Å². The SMILES string of the molecule is C(=C1CCCN1)C(=NC1CCC(C2CCCCC2)CC1)c1ccccc1. The third-order valence-corrected chi connectivity index (χ3v) is 6.73. The fraction of sp³-hybridized carbons (Fsp3) is 0.625. The van der Waals surface area contributed by atoms with Gasteiger partial charge in [-0.15, -0.1) is 0 Å². The van der Waals surface area contributed by atoms with Crippen LogP contribution >= 0.6 is 0 Å². The van der Waals surface area contributed by atoms with E-state index in [1.54, 1.807) is 0 Å². The Labute approximate surface area is 159 Å². The maximum atomic E-state index is 5.25. The van der Waals surface area contributed by atoms with E-state index >= 15 is 0 Å². The highest BCUT2D eigenvalue weighted by atomic mass is 14.9. The van der Waals surface area contributed by atoms with Crippen molar-refractivity contribution in [2.45, 2.75) is 76.7 Å². The molecule has 1 heterocycles. The zero-order valence-electron chi connectivity index (χ0n) is 16.1. The van der Waals surface area contributed by atoms with Gasteiger partial charge >= 0.3 is 0 Å². The molecule has 2 heteroatoms. The molecule has 2 saturated carbocycles. The molecule has 1 saturated heterocycles. The van der Waals surface area contributed by atoms with Crippen molar-refractivity contribution >= 4 is 5.71 Å². The van der Waals surface area contributed by atoms with Crippen molar-refractivity contribution in [3.63, 3.8) is 0 Å². The van der Waals surface area contributed by atoms with Crippen LogP contribution in [0.3, 0.4) is 0 Å². The van der Waals surface area contributed by atoms with E-state index < -0.39 is 0 Å². The number of benzene rings is 1. The molecule has 0 atom stereocenters. The maximum Gasteiger partial charge on any atom is 0.0667 e. The summed E-state index contributed by atoms with van der Waals surface area (Å²) in [7, 11) is 0. The first kappa shape index (κ1) is 17.8. The van der Waals surface area contributed by atoms with Crippen molar-refractivity contribution in [3.8, 4) is 0 Å². The van der Waals surface area contributed by atoms with Crippen molar-refractivity contribution in [1.82, 2.24) is 5.32 Å². The van der Waals surface area contributed by atoms with Crippen LogP contribution in [0.15, 0.2) is 47.1 Å². The molecule has 1 N–H and O–H groups in total. The Bertz CT molecular complexity index is 609. The summed E-state index contributed by atoms with van der Waals surface area (Å²) in [6, 6.07) is 11.3. The number of rotatable bonds is 4. The van der Waals surface area contributed by atoms with Crippen molar-refractivity contribution in [1.29, 1.82) is 0 Å². The third-order valence-electron chi connectivity index (χ3n) is 6.73. The number of nitrogens with zero attached hydrogens (tertiary/aromatic N) is 1. The van der Waals surface area contributed by atoms with Gasteiger partial charge < -0.3 is 5.32 Å². The number of hydrogen-bond acceptors (Lipinski definition) is 2. The predicted molar refractivity (Wildman–Crippen MR) is 111 cm³/mol. The maximum absolute atomic E-state index is 5.25. The third kappa shape index (κ3) is 4.58. The van der Waals surface area contributed by atoms with E-state index in [2.05, 4.69) is 41.7 Å². The molecule has 1 aliphatic heterocycles. The topological polar surface area (TPSA) is 24.4 Å². The van der Waals surface area contributed by atoms with Crippen LogP contribution in [0.4, 0.5) is 0 Å². The van der Waals surface area contributed by atoms with Crippen molar-refractivity contribution in [2.75, 3.05) is 6.54 Å².